The van der Waals surface area contributed by atoms with Crippen LogP contribution in [0.15, 0.2) is 24.3 Å². The summed E-state index contributed by atoms with van der Waals surface area (Å²) in [4.78, 5) is 11.5. The molecule has 0 aromatic heterocycles. The second-order valence-electron chi connectivity index (χ2n) is 3.82. The van der Waals surface area contributed by atoms with Crippen molar-refractivity contribution in [2.45, 2.75) is 18.9 Å². The summed E-state index contributed by atoms with van der Waals surface area (Å²) in [5.41, 5.74) is 0.570. The van der Waals surface area contributed by atoms with Gasteiger partial charge in [-0.3, -0.25) is 0 Å². The summed E-state index contributed by atoms with van der Waals surface area (Å²) in [5, 5.41) is 14.0. The molecule has 2 N–H and O–H groups in total. The van der Waals surface area contributed by atoms with E-state index in [-0.39, 0.29) is 12.6 Å². The third kappa shape index (κ3) is 3.38. The predicted molar refractivity (Wildman–Crippen MR) is 62.7 cm³/mol. The number of nitrogens with zero attached hydrogens (tertiary/aromatic N) is 1. The zero-order chi connectivity index (χ0) is 12.1. The Labute approximate surface area is 99.4 Å². The van der Waals surface area contributed by atoms with Gasteiger partial charge >= 0.3 is 6.03 Å². The number of ether oxygens (including phenoxy) is 1. The van der Waals surface area contributed by atoms with Gasteiger partial charge in [0.1, 0.15) is 11.8 Å². The van der Waals surface area contributed by atoms with Gasteiger partial charge in [0.25, 0.3) is 0 Å². The number of nitrogens with one attached hydrogen (secondary N) is 2. The zero-order valence-corrected chi connectivity index (χ0v) is 9.27. The molecule has 2 rings (SSSR count). The molecule has 1 aromatic carbocycles. The molecule has 0 atom stereocenters. The monoisotopic (exact) mass is 231 g/mol. The van der Waals surface area contributed by atoms with Gasteiger partial charge in [0.05, 0.1) is 5.69 Å². The van der Waals surface area contributed by atoms with Gasteiger partial charge in [-0.05, 0) is 25.0 Å². The average molecular weight is 231 g/mol. The second kappa shape index (κ2) is 5.21. The standard InChI is InChI=1S/C12H13N3O2/c13-7-8-17-11-4-2-1-3-10(11)15-12(16)14-9-5-6-9/h1-4,9H,5-6,8H2,(H2,14,15,16). The first kappa shape index (κ1) is 11.3. The Hall–Kier alpha value is -2.22. The van der Waals surface area contributed by atoms with Crippen molar-refractivity contribution in [2.24, 2.45) is 0 Å². The molecule has 5 nitrogen and oxygen atoms in total. The lowest BCUT2D eigenvalue weighted by Gasteiger charge is -2.10. The van der Waals surface area contributed by atoms with E-state index < -0.39 is 0 Å². The van der Waals surface area contributed by atoms with E-state index in [1.807, 2.05) is 6.07 Å². The highest BCUT2D eigenvalue weighted by atomic mass is 16.5. The van der Waals surface area contributed by atoms with Crippen LogP contribution in [0.2, 0.25) is 0 Å². The molecule has 5 heteroatoms. The summed E-state index contributed by atoms with van der Waals surface area (Å²) in [7, 11) is 0. The minimum Gasteiger partial charge on any atom is -0.477 e. The summed E-state index contributed by atoms with van der Waals surface area (Å²) in [5.74, 6) is 0.500. The number of hydrogen-bond acceptors (Lipinski definition) is 3. The van der Waals surface area contributed by atoms with Crippen LogP contribution in [0.25, 0.3) is 0 Å². The maximum atomic E-state index is 11.5. The normalized spacial score (nSPS) is 13.6. The van der Waals surface area contributed by atoms with Crippen molar-refractivity contribution < 1.29 is 9.53 Å². The number of carbonyl (C=O) groups is 1. The van der Waals surface area contributed by atoms with Crippen LogP contribution in [-0.2, 0) is 0 Å². The zero-order valence-electron chi connectivity index (χ0n) is 9.27. The third-order valence-corrected chi connectivity index (χ3v) is 2.34. The van der Waals surface area contributed by atoms with Gasteiger partial charge in [-0.1, -0.05) is 12.1 Å². The minimum atomic E-state index is -0.236. The lowest BCUT2D eigenvalue weighted by atomic mass is 10.3. The van der Waals surface area contributed by atoms with Crippen LogP contribution in [0.5, 0.6) is 5.75 Å². The molecule has 0 saturated heterocycles. The van der Waals surface area contributed by atoms with E-state index in [2.05, 4.69) is 10.6 Å². The van der Waals surface area contributed by atoms with Gasteiger partial charge in [-0.25, -0.2) is 4.79 Å². The molecule has 0 heterocycles. The van der Waals surface area contributed by atoms with Gasteiger partial charge in [0.15, 0.2) is 6.61 Å². The Morgan fingerprint density at radius 3 is 2.94 bits per heavy atom. The predicted octanol–water partition coefficient (Wildman–Crippen LogP) is 1.87. The molecule has 0 aliphatic heterocycles. The van der Waals surface area contributed by atoms with Crippen molar-refractivity contribution >= 4 is 11.7 Å². The fourth-order valence-electron chi connectivity index (χ4n) is 1.38. The van der Waals surface area contributed by atoms with Crippen LogP contribution in [-0.4, -0.2) is 18.7 Å². The van der Waals surface area contributed by atoms with Crippen LogP contribution in [0.3, 0.4) is 0 Å². The molecule has 17 heavy (non-hydrogen) atoms. The molecule has 0 radical (unpaired) electrons. The first-order valence-corrected chi connectivity index (χ1v) is 5.46. The number of para-hydroxylation sites is 2. The maximum Gasteiger partial charge on any atom is 0.319 e. The van der Waals surface area contributed by atoms with Crippen LogP contribution in [0, 0.1) is 11.3 Å². The highest BCUT2D eigenvalue weighted by Crippen LogP contribution is 2.24. The number of nitriles is 1. The van der Waals surface area contributed by atoms with Crippen LogP contribution in [0.1, 0.15) is 12.8 Å². The van der Waals surface area contributed by atoms with Gasteiger partial charge in [0, 0.05) is 6.04 Å². The van der Waals surface area contributed by atoms with Crippen molar-refractivity contribution in [3.05, 3.63) is 24.3 Å². The number of rotatable bonds is 4. The van der Waals surface area contributed by atoms with E-state index in [4.69, 9.17) is 10.00 Å². The van der Waals surface area contributed by atoms with Crippen LogP contribution >= 0.6 is 0 Å². The quantitative estimate of drug-likeness (QED) is 0.830. The lowest BCUT2D eigenvalue weighted by Crippen LogP contribution is -2.30. The number of anilines is 1. The lowest BCUT2D eigenvalue weighted by molar-refractivity contribution is 0.251. The van der Waals surface area contributed by atoms with E-state index in [0.717, 1.165) is 12.8 Å². The van der Waals surface area contributed by atoms with Gasteiger partial charge in [-0.15, -0.1) is 0 Å². The highest BCUT2D eigenvalue weighted by Gasteiger charge is 2.23. The van der Waals surface area contributed by atoms with E-state index in [9.17, 15) is 4.79 Å². The molecule has 1 saturated carbocycles. The molecule has 1 aromatic rings. The molecular weight excluding hydrogens is 218 g/mol. The molecule has 1 aliphatic rings. The van der Waals surface area contributed by atoms with Gasteiger partial charge in [0.2, 0.25) is 0 Å². The molecule has 0 unspecified atom stereocenters. The second-order valence-corrected chi connectivity index (χ2v) is 3.82. The Balaban J connectivity index is 1.98. The van der Waals surface area contributed by atoms with E-state index >= 15 is 0 Å². The van der Waals surface area contributed by atoms with Gasteiger partial charge < -0.3 is 15.4 Å². The van der Waals surface area contributed by atoms with Crippen LogP contribution in [0.4, 0.5) is 10.5 Å². The maximum absolute atomic E-state index is 11.5. The smallest absolute Gasteiger partial charge is 0.319 e. The number of urea groups is 1. The Morgan fingerprint density at radius 2 is 2.24 bits per heavy atom. The summed E-state index contributed by atoms with van der Waals surface area (Å²) in [6.45, 7) is -0.0388. The van der Waals surface area contributed by atoms with Gasteiger partial charge in [-0.2, -0.15) is 5.26 Å². The topological polar surface area (TPSA) is 74.1 Å². The number of hydrogen-bond donors (Lipinski definition) is 2. The van der Waals surface area contributed by atoms with E-state index in [0.29, 0.717) is 17.5 Å². The van der Waals surface area contributed by atoms with Crippen molar-refractivity contribution in [1.82, 2.24) is 5.32 Å². The number of carbonyl (C=O) groups excluding carboxylic acids is 1. The summed E-state index contributed by atoms with van der Waals surface area (Å²) in [6.07, 6.45) is 2.08. The fraction of sp³-hybridized carbons (Fsp3) is 0.333. The molecular formula is C12H13N3O2. The van der Waals surface area contributed by atoms with E-state index in [1.165, 1.54) is 0 Å². The first-order valence-electron chi connectivity index (χ1n) is 5.46. The third-order valence-electron chi connectivity index (χ3n) is 2.34. The Morgan fingerprint density at radius 1 is 1.47 bits per heavy atom. The van der Waals surface area contributed by atoms with Crippen molar-refractivity contribution in [1.29, 1.82) is 5.26 Å². The Bertz CT molecular complexity index is 449. The molecule has 2 amide bonds. The average Bonchev–Trinajstić information content (AvgIpc) is 3.11. The molecule has 88 valence electrons. The SMILES string of the molecule is N#CCOc1ccccc1NC(=O)NC1CC1. The summed E-state index contributed by atoms with van der Waals surface area (Å²) >= 11 is 0. The first-order chi connectivity index (χ1) is 8.29. The van der Waals surface area contributed by atoms with Crippen molar-refractivity contribution in [2.75, 3.05) is 11.9 Å². The molecule has 1 fully saturated rings. The number of amides is 2. The highest BCUT2D eigenvalue weighted by molar-refractivity contribution is 5.91. The fourth-order valence-corrected chi connectivity index (χ4v) is 1.38. The minimum absolute atomic E-state index is 0.0388. The summed E-state index contributed by atoms with van der Waals surface area (Å²) in [6, 6.07) is 8.99. The molecule has 0 bridgehead atoms. The van der Waals surface area contributed by atoms with Crippen LogP contribution < -0.4 is 15.4 Å². The van der Waals surface area contributed by atoms with E-state index in [1.54, 1.807) is 24.3 Å². The molecule has 1 aliphatic carbocycles. The largest absolute Gasteiger partial charge is 0.477 e. The van der Waals surface area contributed by atoms with Crippen molar-refractivity contribution in [3.8, 4) is 11.8 Å². The summed E-state index contributed by atoms with van der Waals surface area (Å²) < 4.78 is 5.20. The number of benzene rings is 1. The molecule has 0 spiro atoms. The Kier molecular flexibility index (Phi) is 3.46. The van der Waals surface area contributed by atoms with Crippen molar-refractivity contribution in [3.63, 3.8) is 0 Å².